The van der Waals surface area contributed by atoms with E-state index in [1.54, 1.807) is 17.7 Å². The van der Waals surface area contributed by atoms with Gasteiger partial charge in [-0.25, -0.2) is 9.97 Å². The molecule has 2 unspecified atom stereocenters. The van der Waals surface area contributed by atoms with Crippen LogP contribution in [0.2, 0.25) is 0 Å². The number of hydrogen-bond acceptors (Lipinski definition) is 6. The summed E-state index contributed by atoms with van der Waals surface area (Å²) < 4.78 is 0. The molecular formula is C17H23N5OS. The number of carbonyl (C=O) groups is 1. The van der Waals surface area contributed by atoms with Gasteiger partial charge in [0.2, 0.25) is 5.91 Å². The molecule has 0 aliphatic carbocycles. The summed E-state index contributed by atoms with van der Waals surface area (Å²) in [5.74, 6) is 1.75. The highest BCUT2D eigenvalue weighted by Crippen LogP contribution is 2.31. The molecule has 0 saturated carbocycles. The van der Waals surface area contributed by atoms with Crippen molar-refractivity contribution in [3.05, 3.63) is 17.8 Å². The summed E-state index contributed by atoms with van der Waals surface area (Å²) >= 11 is 1.61. The first-order valence-corrected chi connectivity index (χ1v) is 9.64. The Bertz CT molecular complexity index is 712. The van der Waals surface area contributed by atoms with Gasteiger partial charge in [-0.15, -0.1) is 11.3 Å². The van der Waals surface area contributed by atoms with Gasteiger partial charge in [-0.1, -0.05) is 0 Å². The number of hydrogen-bond donors (Lipinski definition) is 2. The van der Waals surface area contributed by atoms with Crippen LogP contribution in [0.15, 0.2) is 17.8 Å². The van der Waals surface area contributed by atoms with E-state index in [9.17, 15) is 4.79 Å². The van der Waals surface area contributed by atoms with Crippen molar-refractivity contribution < 1.29 is 4.79 Å². The largest absolute Gasteiger partial charge is 0.354 e. The zero-order valence-electron chi connectivity index (χ0n) is 13.7. The third-order valence-corrected chi connectivity index (χ3v) is 5.90. The lowest BCUT2D eigenvalue weighted by molar-refractivity contribution is -0.122. The molecule has 2 aromatic heterocycles. The molecule has 7 heteroatoms. The van der Waals surface area contributed by atoms with E-state index in [0.29, 0.717) is 5.92 Å². The molecule has 0 radical (unpaired) electrons. The second kappa shape index (κ2) is 7.03. The Morgan fingerprint density at radius 2 is 2.38 bits per heavy atom. The average molecular weight is 345 g/mol. The molecule has 24 heavy (non-hydrogen) atoms. The number of aromatic nitrogens is 2. The first-order valence-electron chi connectivity index (χ1n) is 8.76. The average Bonchev–Trinajstić information content (AvgIpc) is 3.34. The van der Waals surface area contributed by atoms with Gasteiger partial charge in [0.15, 0.2) is 0 Å². The number of anilines is 1. The van der Waals surface area contributed by atoms with Gasteiger partial charge < -0.3 is 15.5 Å². The molecule has 4 rings (SSSR count). The van der Waals surface area contributed by atoms with Crippen LogP contribution in [0.4, 0.5) is 5.82 Å². The van der Waals surface area contributed by atoms with Crippen molar-refractivity contribution >= 4 is 33.3 Å². The predicted molar refractivity (Wildman–Crippen MR) is 96.4 cm³/mol. The topological polar surface area (TPSA) is 70.2 Å². The molecule has 2 aromatic rings. The zero-order chi connectivity index (χ0) is 16.4. The van der Waals surface area contributed by atoms with Gasteiger partial charge in [0, 0.05) is 13.1 Å². The number of nitrogens with one attached hydrogen (secondary N) is 2. The zero-order valence-corrected chi connectivity index (χ0v) is 14.5. The number of carbonyl (C=O) groups excluding carboxylic acids is 1. The van der Waals surface area contributed by atoms with Gasteiger partial charge in [-0.3, -0.25) is 4.79 Å². The minimum Gasteiger partial charge on any atom is -0.354 e. The fourth-order valence-corrected chi connectivity index (χ4v) is 4.50. The summed E-state index contributed by atoms with van der Waals surface area (Å²) in [6, 6.07) is 1.94. The molecule has 128 valence electrons. The SMILES string of the molecule is O=C(NCCC1CCNC1)C1CCCN1c1ncnc2sccc12. The lowest BCUT2D eigenvalue weighted by Gasteiger charge is -2.25. The maximum absolute atomic E-state index is 12.7. The van der Waals surface area contributed by atoms with Crippen molar-refractivity contribution in [1.82, 2.24) is 20.6 Å². The van der Waals surface area contributed by atoms with Crippen molar-refractivity contribution in [1.29, 1.82) is 0 Å². The van der Waals surface area contributed by atoms with E-state index in [0.717, 1.165) is 61.5 Å². The van der Waals surface area contributed by atoms with E-state index in [-0.39, 0.29) is 11.9 Å². The molecule has 1 amide bonds. The summed E-state index contributed by atoms with van der Waals surface area (Å²) in [7, 11) is 0. The lowest BCUT2D eigenvalue weighted by Crippen LogP contribution is -2.44. The summed E-state index contributed by atoms with van der Waals surface area (Å²) in [6.07, 6.45) is 5.82. The molecule has 0 aromatic carbocycles. The summed E-state index contributed by atoms with van der Waals surface area (Å²) in [4.78, 5) is 24.6. The fraction of sp³-hybridized carbons (Fsp3) is 0.588. The Balaban J connectivity index is 1.42. The number of amides is 1. The van der Waals surface area contributed by atoms with Gasteiger partial charge in [0.05, 0.1) is 5.39 Å². The number of fused-ring (bicyclic) bond motifs is 1. The molecule has 2 N–H and O–H groups in total. The molecule has 0 bridgehead atoms. The molecule has 6 nitrogen and oxygen atoms in total. The Morgan fingerprint density at radius 3 is 3.25 bits per heavy atom. The molecule has 4 heterocycles. The Kier molecular flexibility index (Phi) is 4.62. The van der Waals surface area contributed by atoms with E-state index in [2.05, 4.69) is 31.6 Å². The van der Waals surface area contributed by atoms with E-state index < -0.39 is 0 Å². The summed E-state index contributed by atoms with van der Waals surface area (Å²) in [6.45, 7) is 3.85. The van der Waals surface area contributed by atoms with Gasteiger partial charge in [0.25, 0.3) is 0 Å². The summed E-state index contributed by atoms with van der Waals surface area (Å²) in [5, 5.41) is 9.60. The van der Waals surface area contributed by atoms with E-state index in [4.69, 9.17) is 0 Å². The highest BCUT2D eigenvalue weighted by molar-refractivity contribution is 7.16. The first kappa shape index (κ1) is 15.8. The van der Waals surface area contributed by atoms with Crippen LogP contribution in [0, 0.1) is 5.92 Å². The van der Waals surface area contributed by atoms with Crippen LogP contribution in [0.1, 0.15) is 25.7 Å². The fourth-order valence-electron chi connectivity index (χ4n) is 3.78. The Labute approximate surface area is 145 Å². The van der Waals surface area contributed by atoms with Crippen molar-refractivity contribution in [2.24, 2.45) is 5.92 Å². The van der Waals surface area contributed by atoms with Crippen LogP contribution in [0.3, 0.4) is 0 Å². The van der Waals surface area contributed by atoms with Crippen molar-refractivity contribution in [3.63, 3.8) is 0 Å². The molecule has 2 aliphatic rings. The smallest absolute Gasteiger partial charge is 0.242 e. The van der Waals surface area contributed by atoms with Gasteiger partial charge in [-0.2, -0.15) is 0 Å². The van der Waals surface area contributed by atoms with Crippen molar-refractivity contribution in [2.75, 3.05) is 31.1 Å². The molecule has 2 aliphatic heterocycles. The maximum atomic E-state index is 12.7. The summed E-state index contributed by atoms with van der Waals surface area (Å²) in [5.41, 5.74) is 0. The van der Waals surface area contributed by atoms with Crippen LogP contribution in [0.5, 0.6) is 0 Å². The van der Waals surface area contributed by atoms with Gasteiger partial charge in [-0.05, 0) is 56.1 Å². The van der Waals surface area contributed by atoms with Gasteiger partial charge in [0.1, 0.15) is 23.0 Å². The highest BCUT2D eigenvalue weighted by atomic mass is 32.1. The molecule has 2 saturated heterocycles. The molecule has 2 fully saturated rings. The van der Waals surface area contributed by atoms with E-state index in [1.807, 2.05) is 5.38 Å². The Hall–Kier alpha value is -1.73. The van der Waals surface area contributed by atoms with Gasteiger partial charge >= 0.3 is 0 Å². The minimum absolute atomic E-state index is 0.107. The number of nitrogens with zero attached hydrogens (tertiary/aromatic N) is 3. The van der Waals surface area contributed by atoms with Crippen molar-refractivity contribution in [3.8, 4) is 0 Å². The number of thiophene rings is 1. The van der Waals surface area contributed by atoms with Crippen LogP contribution in [-0.2, 0) is 4.79 Å². The predicted octanol–water partition coefficient (Wildman–Crippen LogP) is 1.78. The third-order valence-electron chi connectivity index (χ3n) is 5.08. The molecule has 0 spiro atoms. The Morgan fingerprint density at radius 1 is 1.42 bits per heavy atom. The number of rotatable bonds is 5. The monoisotopic (exact) mass is 345 g/mol. The van der Waals surface area contributed by atoms with Crippen LogP contribution >= 0.6 is 11.3 Å². The van der Waals surface area contributed by atoms with Crippen LogP contribution in [0.25, 0.3) is 10.2 Å². The third kappa shape index (κ3) is 3.10. The van der Waals surface area contributed by atoms with Crippen molar-refractivity contribution in [2.45, 2.75) is 31.7 Å². The standard InChI is InChI=1S/C17H23N5OS/c23-16(19-7-4-12-3-6-18-10-12)14-2-1-8-22(14)15-13-5-9-24-17(13)21-11-20-15/h5,9,11-12,14,18H,1-4,6-8,10H2,(H,19,23). The van der Waals surface area contributed by atoms with Crippen LogP contribution < -0.4 is 15.5 Å². The minimum atomic E-state index is -0.107. The lowest BCUT2D eigenvalue weighted by atomic mass is 10.1. The second-order valence-corrected chi connectivity index (χ2v) is 7.52. The quantitative estimate of drug-likeness (QED) is 0.864. The van der Waals surface area contributed by atoms with E-state index in [1.165, 1.54) is 6.42 Å². The second-order valence-electron chi connectivity index (χ2n) is 6.63. The maximum Gasteiger partial charge on any atom is 0.242 e. The first-order chi connectivity index (χ1) is 11.8. The van der Waals surface area contributed by atoms with Crippen LogP contribution in [-0.4, -0.2) is 48.1 Å². The normalized spacial score (nSPS) is 23.9. The highest BCUT2D eigenvalue weighted by Gasteiger charge is 2.32. The molecule has 2 atom stereocenters. The van der Waals surface area contributed by atoms with E-state index >= 15 is 0 Å². The molecular weight excluding hydrogens is 322 g/mol.